The standard InChI is InChI=1S/C16H25N3O2/c1-3-19(10-12-5-4-6-12)11-16(20)18-14-8-7-13(17)9-15(14)21-2/h7-9,12H,3-6,10-11,17H2,1-2H3,(H,18,20). The van der Waals surface area contributed by atoms with E-state index in [-0.39, 0.29) is 5.91 Å². The molecular formula is C16H25N3O2. The van der Waals surface area contributed by atoms with E-state index in [0.29, 0.717) is 23.7 Å². The smallest absolute Gasteiger partial charge is 0.238 e. The van der Waals surface area contributed by atoms with Gasteiger partial charge in [0, 0.05) is 18.3 Å². The third-order valence-electron chi connectivity index (χ3n) is 4.06. The summed E-state index contributed by atoms with van der Waals surface area (Å²) >= 11 is 0. The van der Waals surface area contributed by atoms with Crippen LogP contribution in [0.1, 0.15) is 26.2 Å². The molecule has 5 heteroatoms. The Labute approximate surface area is 126 Å². The van der Waals surface area contributed by atoms with Crippen molar-refractivity contribution in [1.82, 2.24) is 4.90 Å². The van der Waals surface area contributed by atoms with Gasteiger partial charge in [0.1, 0.15) is 5.75 Å². The lowest BCUT2D eigenvalue weighted by molar-refractivity contribution is -0.117. The van der Waals surface area contributed by atoms with E-state index in [1.54, 1.807) is 25.3 Å². The quantitative estimate of drug-likeness (QED) is 0.757. The largest absolute Gasteiger partial charge is 0.494 e. The first kappa shape index (κ1) is 15.6. The average Bonchev–Trinajstić information content (AvgIpc) is 2.43. The van der Waals surface area contributed by atoms with Gasteiger partial charge in [-0.2, -0.15) is 0 Å². The Bertz CT molecular complexity index is 486. The van der Waals surface area contributed by atoms with Crippen LogP contribution in [0.4, 0.5) is 11.4 Å². The van der Waals surface area contributed by atoms with Gasteiger partial charge < -0.3 is 15.8 Å². The van der Waals surface area contributed by atoms with E-state index < -0.39 is 0 Å². The van der Waals surface area contributed by atoms with E-state index in [4.69, 9.17) is 10.5 Å². The van der Waals surface area contributed by atoms with Gasteiger partial charge in [0.15, 0.2) is 0 Å². The molecule has 0 bridgehead atoms. The number of carbonyl (C=O) groups is 1. The second-order valence-electron chi connectivity index (χ2n) is 5.63. The minimum Gasteiger partial charge on any atom is -0.494 e. The molecule has 0 radical (unpaired) electrons. The molecule has 116 valence electrons. The fourth-order valence-electron chi connectivity index (χ4n) is 2.55. The zero-order valence-electron chi connectivity index (χ0n) is 12.9. The summed E-state index contributed by atoms with van der Waals surface area (Å²) in [5, 5.41) is 2.90. The van der Waals surface area contributed by atoms with Crippen LogP contribution in [-0.4, -0.2) is 37.6 Å². The monoisotopic (exact) mass is 291 g/mol. The molecule has 1 aromatic carbocycles. The molecule has 0 aliphatic heterocycles. The lowest BCUT2D eigenvalue weighted by atomic mass is 9.85. The van der Waals surface area contributed by atoms with Crippen molar-refractivity contribution in [2.75, 3.05) is 37.8 Å². The molecule has 1 aliphatic rings. The van der Waals surface area contributed by atoms with Crippen molar-refractivity contribution in [3.8, 4) is 5.75 Å². The molecule has 1 aliphatic carbocycles. The molecule has 1 saturated carbocycles. The number of nitrogens with zero attached hydrogens (tertiary/aromatic N) is 1. The number of nitrogens with one attached hydrogen (secondary N) is 1. The van der Waals surface area contributed by atoms with Crippen LogP contribution in [-0.2, 0) is 4.79 Å². The predicted octanol–water partition coefficient (Wildman–Crippen LogP) is 2.34. The zero-order chi connectivity index (χ0) is 15.2. The van der Waals surface area contributed by atoms with E-state index in [0.717, 1.165) is 19.0 Å². The van der Waals surface area contributed by atoms with Crippen LogP contribution in [0.3, 0.4) is 0 Å². The normalized spacial score (nSPS) is 14.8. The zero-order valence-corrected chi connectivity index (χ0v) is 12.9. The van der Waals surface area contributed by atoms with E-state index in [1.165, 1.54) is 19.3 Å². The number of nitrogens with two attached hydrogens (primary N) is 1. The number of hydrogen-bond donors (Lipinski definition) is 2. The summed E-state index contributed by atoms with van der Waals surface area (Å²) in [5.74, 6) is 1.34. The van der Waals surface area contributed by atoms with Gasteiger partial charge in [-0.3, -0.25) is 9.69 Å². The highest BCUT2D eigenvalue weighted by molar-refractivity contribution is 5.94. The molecule has 2 rings (SSSR count). The van der Waals surface area contributed by atoms with Gasteiger partial charge in [0.05, 0.1) is 19.3 Å². The summed E-state index contributed by atoms with van der Waals surface area (Å²) in [4.78, 5) is 14.4. The van der Waals surface area contributed by atoms with Crippen molar-refractivity contribution < 1.29 is 9.53 Å². The van der Waals surface area contributed by atoms with Gasteiger partial charge >= 0.3 is 0 Å². The molecule has 0 unspecified atom stereocenters. The summed E-state index contributed by atoms with van der Waals surface area (Å²) < 4.78 is 5.24. The van der Waals surface area contributed by atoms with Crippen molar-refractivity contribution in [1.29, 1.82) is 0 Å². The molecule has 1 aromatic rings. The summed E-state index contributed by atoms with van der Waals surface area (Å²) in [6.07, 6.45) is 3.92. The fourth-order valence-corrected chi connectivity index (χ4v) is 2.55. The Morgan fingerprint density at radius 3 is 2.81 bits per heavy atom. The van der Waals surface area contributed by atoms with Crippen molar-refractivity contribution in [2.24, 2.45) is 5.92 Å². The first-order chi connectivity index (χ1) is 10.1. The minimum absolute atomic E-state index is 0.0146. The first-order valence-corrected chi connectivity index (χ1v) is 7.58. The van der Waals surface area contributed by atoms with Gasteiger partial charge in [-0.05, 0) is 37.4 Å². The second kappa shape index (κ2) is 7.31. The number of methoxy groups -OCH3 is 1. The third-order valence-corrected chi connectivity index (χ3v) is 4.06. The Balaban J connectivity index is 1.90. The number of hydrogen-bond acceptors (Lipinski definition) is 4. The van der Waals surface area contributed by atoms with Crippen LogP contribution in [0.25, 0.3) is 0 Å². The summed E-state index contributed by atoms with van der Waals surface area (Å²) in [5.41, 5.74) is 6.99. The summed E-state index contributed by atoms with van der Waals surface area (Å²) in [6.45, 7) is 4.42. The van der Waals surface area contributed by atoms with Crippen LogP contribution < -0.4 is 15.8 Å². The number of anilines is 2. The summed E-state index contributed by atoms with van der Waals surface area (Å²) in [6, 6.07) is 5.24. The molecule has 0 saturated heterocycles. The molecule has 0 spiro atoms. The van der Waals surface area contributed by atoms with Crippen molar-refractivity contribution >= 4 is 17.3 Å². The van der Waals surface area contributed by atoms with Gasteiger partial charge in [-0.1, -0.05) is 13.3 Å². The molecule has 0 aromatic heterocycles. The number of likely N-dealkylation sites (N-methyl/N-ethyl adjacent to an activating group) is 1. The molecule has 0 atom stereocenters. The van der Waals surface area contributed by atoms with Crippen molar-refractivity contribution in [3.63, 3.8) is 0 Å². The van der Waals surface area contributed by atoms with E-state index in [1.807, 2.05) is 0 Å². The first-order valence-electron chi connectivity index (χ1n) is 7.58. The predicted molar refractivity (Wildman–Crippen MR) is 85.5 cm³/mol. The highest BCUT2D eigenvalue weighted by atomic mass is 16.5. The number of rotatable bonds is 7. The van der Waals surface area contributed by atoms with Crippen molar-refractivity contribution in [2.45, 2.75) is 26.2 Å². The maximum absolute atomic E-state index is 12.2. The maximum atomic E-state index is 12.2. The lowest BCUT2D eigenvalue weighted by Gasteiger charge is -2.31. The molecular weight excluding hydrogens is 266 g/mol. The molecule has 0 heterocycles. The van der Waals surface area contributed by atoms with Gasteiger partial charge in [-0.15, -0.1) is 0 Å². The number of ether oxygens (including phenoxy) is 1. The Morgan fingerprint density at radius 1 is 1.48 bits per heavy atom. The van der Waals surface area contributed by atoms with Crippen molar-refractivity contribution in [3.05, 3.63) is 18.2 Å². The molecule has 21 heavy (non-hydrogen) atoms. The van der Waals surface area contributed by atoms with E-state index in [9.17, 15) is 4.79 Å². The average molecular weight is 291 g/mol. The highest BCUT2D eigenvalue weighted by Crippen LogP contribution is 2.28. The Kier molecular flexibility index (Phi) is 5.44. The van der Waals surface area contributed by atoms with Gasteiger partial charge in [0.2, 0.25) is 5.91 Å². The fraction of sp³-hybridized carbons (Fsp3) is 0.562. The molecule has 3 N–H and O–H groups in total. The minimum atomic E-state index is -0.0146. The Hall–Kier alpha value is -1.75. The SMILES string of the molecule is CCN(CC(=O)Nc1ccc(N)cc1OC)CC1CCC1. The lowest BCUT2D eigenvalue weighted by Crippen LogP contribution is -2.38. The van der Waals surface area contributed by atoms with Gasteiger partial charge in [-0.25, -0.2) is 0 Å². The third kappa shape index (κ3) is 4.36. The van der Waals surface area contributed by atoms with Crippen LogP contribution in [0.5, 0.6) is 5.75 Å². The number of benzene rings is 1. The van der Waals surface area contributed by atoms with Crippen LogP contribution in [0.2, 0.25) is 0 Å². The topological polar surface area (TPSA) is 67.6 Å². The van der Waals surface area contributed by atoms with E-state index in [2.05, 4.69) is 17.1 Å². The van der Waals surface area contributed by atoms with E-state index >= 15 is 0 Å². The Morgan fingerprint density at radius 2 is 2.24 bits per heavy atom. The summed E-state index contributed by atoms with van der Waals surface area (Å²) in [7, 11) is 1.57. The molecule has 1 amide bonds. The maximum Gasteiger partial charge on any atom is 0.238 e. The number of carbonyl (C=O) groups excluding carboxylic acids is 1. The highest BCUT2D eigenvalue weighted by Gasteiger charge is 2.21. The molecule has 1 fully saturated rings. The molecule has 5 nitrogen and oxygen atoms in total. The number of nitrogen functional groups attached to an aromatic ring is 1. The van der Waals surface area contributed by atoms with Gasteiger partial charge in [0.25, 0.3) is 0 Å². The van der Waals surface area contributed by atoms with Crippen LogP contribution in [0, 0.1) is 5.92 Å². The number of amides is 1. The second-order valence-corrected chi connectivity index (χ2v) is 5.63. The van der Waals surface area contributed by atoms with Crippen LogP contribution in [0.15, 0.2) is 18.2 Å². The van der Waals surface area contributed by atoms with Crippen LogP contribution >= 0.6 is 0 Å².